The van der Waals surface area contributed by atoms with Gasteiger partial charge in [-0.25, -0.2) is 9.37 Å². The second kappa shape index (κ2) is 8.48. The van der Waals surface area contributed by atoms with Gasteiger partial charge in [0.15, 0.2) is 0 Å². The number of amides is 1. The monoisotopic (exact) mass is 387 g/mol. The van der Waals surface area contributed by atoms with E-state index in [1.165, 1.54) is 54.9 Å². The molecule has 6 heteroatoms. The minimum Gasteiger partial charge on any atom is -0.336 e. The van der Waals surface area contributed by atoms with Crippen LogP contribution in [-0.2, 0) is 6.54 Å². The number of rotatable bonds is 4. The summed E-state index contributed by atoms with van der Waals surface area (Å²) in [5, 5.41) is 3.52. The number of carbonyl (C=O) groups is 1. The Hall–Kier alpha value is -1.79. The van der Waals surface area contributed by atoms with Gasteiger partial charge in [0, 0.05) is 49.6 Å². The molecular formula is C21H26FN3OS. The molecule has 0 radical (unpaired) electrons. The molecule has 1 saturated carbocycles. The van der Waals surface area contributed by atoms with Crippen LogP contribution in [0.2, 0.25) is 0 Å². The van der Waals surface area contributed by atoms with Crippen molar-refractivity contribution in [2.24, 2.45) is 0 Å². The maximum atomic E-state index is 13.0. The summed E-state index contributed by atoms with van der Waals surface area (Å²) in [6, 6.07) is 5.81. The highest BCUT2D eigenvalue weighted by atomic mass is 32.1. The molecule has 1 aliphatic heterocycles. The van der Waals surface area contributed by atoms with Crippen molar-refractivity contribution in [1.82, 2.24) is 14.8 Å². The largest absolute Gasteiger partial charge is 0.336 e. The van der Waals surface area contributed by atoms with Crippen LogP contribution >= 0.6 is 11.3 Å². The number of hydrogen-bond donors (Lipinski definition) is 0. The molecule has 0 atom stereocenters. The van der Waals surface area contributed by atoms with E-state index >= 15 is 0 Å². The molecule has 0 N–H and O–H groups in total. The van der Waals surface area contributed by atoms with Crippen LogP contribution in [0.1, 0.15) is 59.1 Å². The van der Waals surface area contributed by atoms with Crippen molar-refractivity contribution in [2.75, 3.05) is 26.2 Å². The summed E-state index contributed by atoms with van der Waals surface area (Å²) in [5.41, 5.74) is 1.72. The van der Waals surface area contributed by atoms with E-state index in [-0.39, 0.29) is 11.7 Å². The number of benzene rings is 1. The number of halogens is 1. The van der Waals surface area contributed by atoms with Crippen molar-refractivity contribution in [3.63, 3.8) is 0 Å². The summed E-state index contributed by atoms with van der Waals surface area (Å²) in [5.74, 6) is 0.345. The number of thiazole rings is 1. The molecule has 27 heavy (non-hydrogen) atoms. The standard InChI is InChI=1S/C21H26FN3OS/c22-18-8-6-17(7-9-18)21(26)25-12-10-24(11-13-25)14-19-15-27-20(23-19)16-4-2-1-3-5-16/h6-9,15-16H,1-5,10-14H2. The van der Waals surface area contributed by atoms with Gasteiger partial charge >= 0.3 is 0 Å². The highest BCUT2D eigenvalue weighted by Crippen LogP contribution is 2.34. The minimum absolute atomic E-state index is 0.0112. The van der Waals surface area contributed by atoms with Crippen LogP contribution in [0, 0.1) is 5.82 Å². The van der Waals surface area contributed by atoms with E-state index < -0.39 is 0 Å². The zero-order valence-electron chi connectivity index (χ0n) is 15.6. The Morgan fingerprint density at radius 1 is 1.07 bits per heavy atom. The highest BCUT2D eigenvalue weighted by Gasteiger charge is 2.23. The maximum absolute atomic E-state index is 13.0. The lowest BCUT2D eigenvalue weighted by Gasteiger charge is -2.34. The summed E-state index contributed by atoms with van der Waals surface area (Å²) in [6.45, 7) is 3.97. The third-order valence-electron chi connectivity index (χ3n) is 5.66. The van der Waals surface area contributed by atoms with Crippen molar-refractivity contribution in [3.05, 3.63) is 51.7 Å². The third-order valence-corrected chi connectivity index (χ3v) is 6.72. The second-order valence-corrected chi connectivity index (χ2v) is 8.48. The van der Waals surface area contributed by atoms with Crippen LogP contribution in [-0.4, -0.2) is 46.9 Å². The maximum Gasteiger partial charge on any atom is 0.253 e. The first-order chi connectivity index (χ1) is 13.2. The zero-order valence-corrected chi connectivity index (χ0v) is 16.4. The van der Waals surface area contributed by atoms with E-state index in [1.54, 1.807) is 12.1 Å². The van der Waals surface area contributed by atoms with Crippen LogP contribution < -0.4 is 0 Å². The molecule has 1 amide bonds. The van der Waals surface area contributed by atoms with Crippen LogP contribution in [0.5, 0.6) is 0 Å². The molecule has 144 valence electrons. The predicted molar refractivity (Wildman–Crippen MR) is 106 cm³/mol. The molecule has 0 unspecified atom stereocenters. The topological polar surface area (TPSA) is 36.4 Å². The van der Waals surface area contributed by atoms with Crippen molar-refractivity contribution in [2.45, 2.75) is 44.6 Å². The van der Waals surface area contributed by atoms with E-state index in [4.69, 9.17) is 4.98 Å². The van der Waals surface area contributed by atoms with Gasteiger partial charge in [-0.1, -0.05) is 19.3 Å². The Balaban J connectivity index is 1.29. The van der Waals surface area contributed by atoms with Crippen LogP contribution in [0.15, 0.2) is 29.6 Å². The van der Waals surface area contributed by atoms with E-state index in [0.717, 1.165) is 19.6 Å². The summed E-state index contributed by atoms with van der Waals surface area (Å²) in [7, 11) is 0. The Bertz CT molecular complexity index is 762. The quantitative estimate of drug-likeness (QED) is 0.785. The average Bonchev–Trinajstić information content (AvgIpc) is 3.18. The van der Waals surface area contributed by atoms with Gasteiger partial charge in [-0.3, -0.25) is 9.69 Å². The van der Waals surface area contributed by atoms with E-state index in [2.05, 4.69) is 10.3 Å². The number of carbonyl (C=O) groups excluding carboxylic acids is 1. The first kappa shape index (κ1) is 18.6. The Kier molecular flexibility index (Phi) is 5.83. The first-order valence-corrected chi connectivity index (χ1v) is 10.8. The fourth-order valence-electron chi connectivity index (χ4n) is 4.05. The lowest BCUT2D eigenvalue weighted by atomic mass is 9.90. The van der Waals surface area contributed by atoms with Gasteiger partial charge in [0.05, 0.1) is 10.7 Å². The SMILES string of the molecule is O=C(c1ccc(F)cc1)N1CCN(Cc2csc(C3CCCCC3)n2)CC1. The summed E-state index contributed by atoms with van der Waals surface area (Å²) >= 11 is 1.82. The molecule has 0 bridgehead atoms. The van der Waals surface area contributed by atoms with Crippen molar-refractivity contribution < 1.29 is 9.18 Å². The molecular weight excluding hydrogens is 361 g/mol. The summed E-state index contributed by atoms with van der Waals surface area (Å²) in [4.78, 5) is 21.7. The van der Waals surface area contributed by atoms with Gasteiger partial charge in [0.1, 0.15) is 5.82 Å². The molecule has 2 aromatic rings. The van der Waals surface area contributed by atoms with Gasteiger partial charge in [-0.05, 0) is 37.1 Å². The van der Waals surface area contributed by atoms with E-state index in [0.29, 0.717) is 24.6 Å². The molecule has 0 spiro atoms. The van der Waals surface area contributed by atoms with Crippen LogP contribution in [0.4, 0.5) is 4.39 Å². The first-order valence-electron chi connectivity index (χ1n) is 9.90. The number of piperazine rings is 1. The van der Waals surface area contributed by atoms with Gasteiger partial charge in [-0.2, -0.15) is 0 Å². The third kappa shape index (κ3) is 4.55. The van der Waals surface area contributed by atoms with E-state index in [9.17, 15) is 9.18 Å². The Morgan fingerprint density at radius 2 is 1.78 bits per heavy atom. The molecule has 1 aliphatic carbocycles. The molecule has 1 saturated heterocycles. The van der Waals surface area contributed by atoms with Crippen LogP contribution in [0.3, 0.4) is 0 Å². The van der Waals surface area contributed by atoms with Crippen molar-refractivity contribution in [1.29, 1.82) is 0 Å². The predicted octanol–water partition coefficient (Wildman–Crippen LogP) is 4.29. The molecule has 2 fully saturated rings. The molecule has 4 rings (SSSR count). The molecule has 2 aliphatic rings. The molecule has 4 nitrogen and oxygen atoms in total. The van der Waals surface area contributed by atoms with Gasteiger partial charge in [-0.15, -0.1) is 11.3 Å². The lowest BCUT2D eigenvalue weighted by Crippen LogP contribution is -2.48. The highest BCUT2D eigenvalue weighted by molar-refractivity contribution is 7.09. The Morgan fingerprint density at radius 3 is 2.48 bits per heavy atom. The van der Waals surface area contributed by atoms with Gasteiger partial charge in [0.25, 0.3) is 5.91 Å². The number of hydrogen-bond acceptors (Lipinski definition) is 4. The smallest absolute Gasteiger partial charge is 0.253 e. The minimum atomic E-state index is -0.313. The van der Waals surface area contributed by atoms with E-state index in [1.807, 2.05) is 16.2 Å². The van der Waals surface area contributed by atoms with Gasteiger partial charge in [0.2, 0.25) is 0 Å². The fourth-order valence-corrected chi connectivity index (χ4v) is 5.03. The summed E-state index contributed by atoms with van der Waals surface area (Å²) < 4.78 is 13.0. The molecule has 1 aromatic heterocycles. The fraction of sp³-hybridized carbons (Fsp3) is 0.524. The molecule has 2 heterocycles. The molecule has 1 aromatic carbocycles. The lowest BCUT2D eigenvalue weighted by molar-refractivity contribution is 0.0627. The number of aromatic nitrogens is 1. The van der Waals surface area contributed by atoms with Gasteiger partial charge < -0.3 is 4.90 Å². The Labute approximate surface area is 164 Å². The summed E-state index contributed by atoms with van der Waals surface area (Å²) in [6.07, 6.45) is 6.62. The average molecular weight is 388 g/mol. The zero-order chi connectivity index (χ0) is 18.6. The van der Waals surface area contributed by atoms with Crippen LogP contribution in [0.25, 0.3) is 0 Å². The second-order valence-electron chi connectivity index (χ2n) is 7.59. The van der Waals surface area contributed by atoms with Crippen molar-refractivity contribution >= 4 is 17.2 Å². The normalized spacial score (nSPS) is 19.4. The number of nitrogens with zero attached hydrogens (tertiary/aromatic N) is 3. The van der Waals surface area contributed by atoms with Crippen molar-refractivity contribution in [3.8, 4) is 0 Å².